The molecule has 1 fully saturated rings. The van der Waals surface area contributed by atoms with Gasteiger partial charge in [-0.15, -0.1) is 0 Å². The van der Waals surface area contributed by atoms with Crippen LogP contribution in [0.5, 0.6) is 0 Å². The number of hydrogen-bond acceptors (Lipinski definition) is 5. The van der Waals surface area contributed by atoms with Crippen LogP contribution >= 0.6 is 0 Å². The summed E-state index contributed by atoms with van der Waals surface area (Å²) < 4.78 is 30.7. The van der Waals surface area contributed by atoms with Gasteiger partial charge in [0.25, 0.3) is 0 Å². The van der Waals surface area contributed by atoms with Crippen LogP contribution in [0.1, 0.15) is 17.9 Å². The highest BCUT2D eigenvalue weighted by Crippen LogP contribution is 2.28. The molecule has 0 bridgehead atoms. The Hall–Kier alpha value is -1.41. The number of nitrogens with zero attached hydrogens (tertiary/aromatic N) is 2. The predicted molar refractivity (Wildman–Crippen MR) is 60.5 cm³/mol. The summed E-state index contributed by atoms with van der Waals surface area (Å²) in [7, 11) is -3.71. The molecule has 0 unspecified atom stereocenters. The van der Waals surface area contributed by atoms with Crippen molar-refractivity contribution in [2.45, 2.75) is 25.2 Å². The summed E-state index contributed by atoms with van der Waals surface area (Å²) in [6.45, 7) is 3.29. The van der Waals surface area contributed by atoms with Crippen molar-refractivity contribution in [3.05, 3.63) is 11.5 Å². The number of carbonyl (C=O) groups is 1. The quantitative estimate of drug-likeness (QED) is 0.855. The van der Waals surface area contributed by atoms with Crippen molar-refractivity contribution in [2.24, 2.45) is 5.92 Å². The largest absolute Gasteiger partial charge is 0.481 e. The molecule has 7 nitrogen and oxygen atoms in total. The summed E-state index contributed by atoms with van der Waals surface area (Å²) in [6.07, 6.45) is 0.331. The summed E-state index contributed by atoms with van der Waals surface area (Å²) in [5.41, 5.74) is 0.297. The second-order valence-electron chi connectivity index (χ2n) is 4.34. The van der Waals surface area contributed by atoms with E-state index in [2.05, 4.69) is 5.16 Å². The van der Waals surface area contributed by atoms with Crippen LogP contribution in [0.25, 0.3) is 0 Å². The molecule has 1 atom stereocenters. The van der Waals surface area contributed by atoms with Crippen molar-refractivity contribution in [3.63, 3.8) is 0 Å². The van der Waals surface area contributed by atoms with Crippen LogP contribution in [0.2, 0.25) is 0 Å². The summed E-state index contributed by atoms with van der Waals surface area (Å²) >= 11 is 0. The third-order valence-electron chi connectivity index (χ3n) is 3.07. The Morgan fingerprint density at radius 2 is 2.17 bits per heavy atom. The first-order chi connectivity index (χ1) is 8.34. The Balaban J connectivity index is 2.32. The number of aromatic nitrogens is 1. The molecule has 1 saturated heterocycles. The summed E-state index contributed by atoms with van der Waals surface area (Å²) in [5, 5.41) is 12.5. The standard InChI is InChI=1S/C10H14N2O5S/c1-6-9(7(2)17-11-6)18(15,16)12-4-3-8(5-12)10(13)14/h8H,3-5H2,1-2H3,(H,13,14)/t8-/m1/s1. The SMILES string of the molecule is Cc1noc(C)c1S(=O)(=O)N1CC[C@@H](C(=O)O)C1. The molecular weight excluding hydrogens is 260 g/mol. The van der Waals surface area contributed by atoms with Crippen molar-refractivity contribution >= 4 is 16.0 Å². The van der Waals surface area contributed by atoms with E-state index >= 15 is 0 Å². The first-order valence-corrected chi connectivity index (χ1v) is 6.94. The van der Waals surface area contributed by atoms with E-state index in [1.807, 2.05) is 0 Å². The average molecular weight is 274 g/mol. The lowest BCUT2D eigenvalue weighted by molar-refractivity contribution is -0.141. The van der Waals surface area contributed by atoms with Crippen LogP contribution in [0.3, 0.4) is 0 Å². The van der Waals surface area contributed by atoms with E-state index in [0.717, 1.165) is 0 Å². The predicted octanol–water partition coefficient (Wildman–Crippen LogP) is 0.387. The zero-order valence-corrected chi connectivity index (χ0v) is 10.9. The Labute approximate surface area is 104 Å². The van der Waals surface area contributed by atoms with Crippen LogP contribution in [0.15, 0.2) is 9.42 Å². The fourth-order valence-corrected chi connectivity index (χ4v) is 3.91. The highest BCUT2D eigenvalue weighted by Gasteiger charge is 2.38. The topological polar surface area (TPSA) is 101 Å². The van der Waals surface area contributed by atoms with E-state index in [-0.39, 0.29) is 23.7 Å². The minimum atomic E-state index is -3.71. The molecule has 8 heteroatoms. The molecule has 0 saturated carbocycles. The Morgan fingerprint density at radius 1 is 1.50 bits per heavy atom. The summed E-state index contributed by atoms with van der Waals surface area (Å²) in [4.78, 5) is 10.9. The molecule has 18 heavy (non-hydrogen) atoms. The number of sulfonamides is 1. The van der Waals surface area contributed by atoms with Gasteiger partial charge >= 0.3 is 5.97 Å². The Bertz CT molecular complexity index is 558. The second kappa shape index (κ2) is 4.36. The number of aryl methyl sites for hydroxylation is 2. The van der Waals surface area contributed by atoms with Gasteiger partial charge in [-0.2, -0.15) is 4.31 Å². The van der Waals surface area contributed by atoms with Gasteiger partial charge in [0.1, 0.15) is 10.6 Å². The molecule has 0 radical (unpaired) electrons. The van der Waals surface area contributed by atoms with E-state index in [1.165, 1.54) is 11.2 Å². The number of carboxylic acid groups (broad SMARTS) is 1. The van der Waals surface area contributed by atoms with Gasteiger partial charge in [-0.05, 0) is 20.3 Å². The summed E-state index contributed by atoms with van der Waals surface area (Å²) in [5.74, 6) is -1.38. The molecule has 1 aromatic rings. The zero-order chi connectivity index (χ0) is 13.5. The van der Waals surface area contributed by atoms with Crippen molar-refractivity contribution in [1.29, 1.82) is 0 Å². The molecule has 0 spiro atoms. The van der Waals surface area contributed by atoms with E-state index < -0.39 is 21.9 Å². The molecule has 0 aliphatic carbocycles. The third-order valence-corrected chi connectivity index (χ3v) is 5.18. The van der Waals surface area contributed by atoms with Crippen LogP contribution < -0.4 is 0 Å². The maximum atomic E-state index is 12.3. The Morgan fingerprint density at radius 3 is 2.61 bits per heavy atom. The molecule has 2 heterocycles. The molecule has 0 aromatic carbocycles. The van der Waals surface area contributed by atoms with Gasteiger partial charge in [-0.1, -0.05) is 5.16 Å². The van der Waals surface area contributed by atoms with Gasteiger partial charge in [0.15, 0.2) is 5.76 Å². The van der Waals surface area contributed by atoms with Crippen LogP contribution in [-0.4, -0.2) is 42.0 Å². The molecule has 2 rings (SSSR count). The lowest BCUT2D eigenvalue weighted by atomic mass is 10.1. The lowest BCUT2D eigenvalue weighted by Gasteiger charge is -2.15. The maximum Gasteiger partial charge on any atom is 0.307 e. The smallest absolute Gasteiger partial charge is 0.307 e. The normalized spacial score (nSPS) is 21.3. The van der Waals surface area contributed by atoms with Gasteiger partial charge < -0.3 is 9.63 Å². The first kappa shape index (κ1) is 13.0. The lowest BCUT2D eigenvalue weighted by Crippen LogP contribution is -2.30. The molecule has 100 valence electrons. The number of aliphatic carboxylic acids is 1. The van der Waals surface area contributed by atoms with Gasteiger partial charge in [-0.3, -0.25) is 4.79 Å². The van der Waals surface area contributed by atoms with E-state index in [1.54, 1.807) is 6.92 Å². The molecule has 0 amide bonds. The molecule has 1 aromatic heterocycles. The molecule has 1 aliphatic rings. The number of hydrogen-bond donors (Lipinski definition) is 1. The molecular formula is C10H14N2O5S. The van der Waals surface area contributed by atoms with Gasteiger partial charge in [0.2, 0.25) is 10.0 Å². The fourth-order valence-electron chi connectivity index (χ4n) is 2.12. The zero-order valence-electron chi connectivity index (χ0n) is 10.1. The van der Waals surface area contributed by atoms with Crippen LogP contribution in [0.4, 0.5) is 0 Å². The van der Waals surface area contributed by atoms with Crippen molar-refractivity contribution < 1.29 is 22.8 Å². The van der Waals surface area contributed by atoms with E-state index in [0.29, 0.717) is 12.1 Å². The van der Waals surface area contributed by atoms with Crippen molar-refractivity contribution in [3.8, 4) is 0 Å². The minimum Gasteiger partial charge on any atom is -0.481 e. The average Bonchev–Trinajstić information content (AvgIpc) is 2.85. The van der Waals surface area contributed by atoms with E-state index in [9.17, 15) is 13.2 Å². The fraction of sp³-hybridized carbons (Fsp3) is 0.600. The minimum absolute atomic E-state index is 0.00171. The second-order valence-corrected chi connectivity index (χ2v) is 6.21. The number of rotatable bonds is 3. The first-order valence-electron chi connectivity index (χ1n) is 5.50. The number of carboxylic acids is 1. The molecule has 1 aliphatic heterocycles. The highest BCUT2D eigenvalue weighted by molar-refractivity contribution is 7.89. The van der Waals surface area contributed by atoms with Gasteiger partial charge in [-0.25, -0.2) is 8.42 Å². The van der Waals surface area contributed by atoms with Gasteiger partial charge in [0.05, 0.1) is 5.92 Å². The Kier molecular flexibility index (Phi) is 3.16. The van der Waals surface area contributed by atoms with Gasteiger partial charge in [0, 0.05) is 13.1 Å². The maximum absolute atomic E-state index is 12.3. The van der Waals surface area contributed by atoms with E-state index in [4.69, 9.17) is 9.63 Å². The highest BCUT2D eigenvalue weighted by atomic mass is 32.2. The van der Waals surface area contributed by atoms with Crippen molar-refractivity contribution in [2.75, 3.05) is 13.1 Å². The van der Waals surface area contributed by atoms with Crippen LogP contribution in [-0.2, 0) is 14.8 Å². The monoisotopic (exact) mass is 274 g/mol. The van der Waals surface area contributed by atoms with Crippen molar-refractivity contribution in [1.82, 2.24) is 9.46 Å². The van der Waals surface area contributed by atoms with Crippen LogP contribution in [0, 0.1) is 19.8 Å². The summed E-state index contributed by atoms with van der Waals surface area (Å²) in [6, 6.07) is 0. The molecule has 1 N–H and O–H groups in total. The third kappa shape index (κ3) is 2.01.